The van der Waals surface area contributed by atoms with Crippen LogP contribution in [0.25, 0.3) is 11.1 Å². The van der Waals surface area contributed by atoms with E-state index in [1.807, 2.05) is 18.2 Å². The molecule has 4 rings (SSSR count). The molecule has 1 N–H and O–H groups in total. The van der Waals surface area contributed by atoms with Crippen LogP contribution >= 0.6 is 11.6 Å². The van der Waals surface area contributed by atoms with Gasteiger partial charge >= 0.3 is 0 Å². The topological polar surface area (TPSA) is 12.0 Å². The third-order valence-corrected chi connectivity index (χ3v) is 6.21. The van der Waals surface area contributed by atoms with E-state index in [4.69, 9.17) is 11.6 Å². The SMILES string of the molecule is Clc1cccc(-c2ccc([C@H]3C[C@@H]3NCCC3CCCCC3)cc2)c1. The maximum atomic E-state index is 6.10. The van der Waals surface area contributed by atoms with Crippen LogP contribution in [0, 0.1) is 5.92 Å². The predicted molar refractivity (Wildman–Crippen MR) is 107 cm³/mol. The second-order valence-corrected chi connectivity index (χ2v) is 8.26. The van der Waals surface area contributed by atoms with Crippen molar-refractivity contribution in [3.05, 3.63) is 59.1 Å². The van der Waals surface area contributed by atoms with Crippen LogP contribution in [-0.4, -0.2) is 12.6 Å². The predicted octanol–water partition coefficient (Wildman–Crippen LogP) is 6.42. The molecule has 0 amide bonds. The molecule has 132 valence electrons. The highest BCUT2D eigenvalue weighted by Gasteiger charge is 2.37. The number of rotatable bonds is 6. The minimum absolute atomic E-state index is 0.695. The van der Waals surface area contributed by atoms with E-state index in [9.17, 15) is 0 Å². The summed E-state index contributed by atoms with van der Waals surface area (Å²) >= 11 is 6.10. The Morgan fingerprint density at radius 3 is 2.48 bits per heavy atom. The van der Waals surface area contributed by atoms with Crippen LogP contribution < -0.4 is 5.32 Å². The summed E-state index contributed by atoms with van der Waals surface area (Å²) in [7, 11) is 0. The van der Waals surface area contributed by atoms with E-state index in [2.05, 4.69) is 35.6 Å². The molecule has 25 heavy (non-hydrogen) atoms. The molecule has 0 saturated heterocycles. The van der Waals surface area contributed by atoms with Crippen molar-refractivity contribution in [3.8, 4) is 11.1 Å². The maximum Gasteiger partial charge on any atom is 0.0412 e. The highest BCUT2D eigenvalue weighted by molar-refractivity contribution is 6.30. The molecule has 0 bridgehead atoms. The van der Waals surface area contributed by atoms with Gasteiger partial charge in [0.15, 0.2) is 0 Å². The fourth-order valence-electron chi connectivity index (χ4n) is 4.33. The summed E-state index contributed by atoms with van der Waals surface area (Å²) in [5, 5.41) is 4.59. The Balaban J connectivity index is 1.27. The van der Waals surface area contributed by atoms with Crippen molar-refractivity contribution < 1.29 is 0 Å². The van der Waals surface area contributed by atoms with Gasteiger partial charge in [0, 0.05) is 17.0 Å². The van der Waals surface area contributed by atoms with Crippen molar-refractivity contribution >= 4 is 11.6 Å². The first-order valence-electron chi connectivity index (χ1n) is 9.89. The molecular weight excluding hydrogens is 326 g/mol. The lowest BCUT2D eigenvalue weighted by molar-refractivity contribution is 0.333. The molecule has 0 heterocycles. The second kappa shape index (κ2) is 7.93. The first-order chi connectivity index (χ1) is 12.3. The quantitative estimate of drug-likeness (QED) is 0.631. The molecule has 2 aromatic carbocycles. The highest BCUT2D eigenvalue weighted by atomic mass is 35.5. The van der Waals surface area contributed by atoms with Gasteiger partial charge in [0.1, 0.15) is 0 Å². The average Bonchev–Trinajstić information content (AvgIpc) is 3.42. The van der Waals surface area contributed by atoms with Crippen LogP contribution in [0.1, 0.15) is 56.4 Å². The Morgan fingerprint density at radius 2 is 1.72 bits per heavy atom. The molecule has 2 aromatic rings. The van der Waals surface area contributed by atoms with E-state index in [-0.39, 0.29) is 0 Å². The number of hydrogen-bond donors (Lipinski definition) is 1. The van der Waals surface area contributed by atoms with E-state index >= 15 is 0 Å². The normalized spacial score (nSPS) is 23.6. The Labute approximate surface area is 156 Å². The Kier molecular flexibility index (Phi) is 5.43. The Morgan fingerprint density at radius 1 is 0.920 bits per heavy atom. The van der Waals surface area contributed by atoms with E-state index in [0.29, 0.717) is 12.0 Å². The largest absolute Gasteiger partial charge is 0.313 e. The average molecular weight is 354 g/mol. The number of hydrogen-bond acceptors (Lipinski definition) is 1. The Hall–Kier alpha value is -1.31. The highest BCUT2D eigenvalue weighted by Crippen LogP contribution is 2.41. The summed E-state index contributed by atoms with van der Waals surface area (Å²) in [5.41, 5.74) is 3.91. The van der Waals surface area contributed by atoms with E-state index in [1.54, 1.807) is 0 Å². The molecule has 0 aliphatic heterocycles. The van der Waals surface area contributed by atoms with Crippen molar-refractivity contribution in [2.75, 3.05) is 6.54 Å². The minimum Gasteiger partial charge on any atom is -0.313 e. The van der Waals surface area contributed by atoms with Gasteiger partial charge in [0.25, 0.3) is 0 Å². The van der Waals surface area contributed by atoms with Crippen LogP contribution in [0.5, 0.6) is 0 Å². The lowest BCUT2D eigenvalue weighted by Crippen LogP contribution is -2.22. The van der Waals surface area contributed by atoms with Gasteiger partial charge in [0.2, 0.25) is 0 Å². The van der Waals surface area contributed by atoms with Gasteiger partial charge < -0.3 is 5.32 Å². The zero-order chi connectivity index (χ0) is 17.1. The zero-order valence-electron chi connectivity index (χ0n) is 14.9. The van der Waals surface area contributed by atoms with Gasteiger partial charge in [-0.05, 0) is 54.1 Å². The summed E-state index contributed by atoms with van der Waals surface area (Å²) in [5.74, 6) is 1.69. The molecule has 0 unspecified atom stereocenters. The van der Waals surface area contributed by atoms with Crippen molar-refractivity contribution in [2.24, 2.45) is 5.92 Å². The molecule has 0 spiro atoms. The molecule has 0 aromatic heterocycles. The number of nitrogens with one attached hydrogen (secondary N) is 1. The van der Waals surface area contributed by atoms with Gasteiger partial charge in [0.05, 0.1) is 0 Å². The maximum absolute atomic E-state index is 6.10. The lowest BCUT2D eigenvalue weighted by Gasteiger charge is -2.21. The molecule has 2 heteroatoms. The fraction of sp³-hybridized carbons (Fsp3) is 0.478. The van der Waals surface area contributed by atoms with Crippen molar-refractivity contribution in [2.45, 2.75) is 56.9 Å². The van der Waals surface area contributed by atoms with Crippen LogP contribution in [0.3, 0.4) is 0 Å². The molecule has 2 fully saturated rings. The Bertz CT molecular complexity index is 687. The first-order valence-corrected chi connectivity index (χ1v) is 10.3. The summed E-state index contributed by atoms with van der Waals surface area (Å²) < 4.78 is 0. The van der Waals surface area contributed by atoms with Crippen molar-refractivity contribution in [1.29, 1.82) is 0 Å². The van der Waals surface area contributed by atoms with E-state index in [0.717, 1.165) is 10.9 Å². The smallest absolute Gasteiger partial charge is 0.0412 e. The van der Waals surface area contributed by atoms with Crippen LogP contribution in [0.2, 0.25) is 5.02 Å². The molecule has 0 radical (unpaired) electrons. The first kappa shape index (κ1) is 17.1. The second-order valence-electron chi connectivity index (χ2n) is 7.83. The zero-order valence-corrected chi connectivity index (χ0v) is 15.6. The summed E-state index contributed by atoms with van der Waals surface area (Å²) in [4.78, 5) is 0. The van der Waals surface area contributed by atoms with Crippen molar-refractivity contribution in [1.82, 2.24) is 5.32 Å². The van der Waals surface area contributed by atoms with E-state index < -0.39 is 0 Å². The van der Waals surface area contributed by atoms with Crippen LogP contribution in [0.15, 0.2) is 48.5 Å². The molecule has 2 aliphatic carbocycles. The summed E-state index contributed by atoms with van der Waals surface area (Å²) in [6, 6.07) is 17.8. The van der Waals surface area contributed by atoms with Crippen LogP contribution in [-0.2, 0) is 0 Å². The molecule has 2 aliphatic rings. The lowest BCUT2D eigenvalue weighted by atomic mass is 9.87. The molecule has 2 saturated carbocycles. The minimum atomic E-state index is 0.695. The molecule has 1 nitrogen and oxygen atoms in total. The van der Waals surface area contributed by atoms with Crippen LogP contribution in [0.4, 0.5) is 0 Å². The molecule has 2 atom stereocenters. The standard InChI is InChI=1S/C23H28ClN/c24-21-8-4-7-20(15-21)18-9-11-19(12-10-18)22-16-23(22)25-14-13-17-5-2-1-3-6-17/h4,7-12,15,17,22-23,25H,1-3,5-6,13-14,16H2/t22-,23+/m1/s1. The van der Waals surface area contributed by atoms with Gasteiger partial charge in [-0.15, -0.1) is 0 Å². The summed E-state index contributed by atoms with van der Waals surface area (Å²) in [6.07, 6.45) is 9.95. The third kappa shape index (κ3) is 4.46. The van der Waals surface area contributed by atoms with Gasteiger partial charge in [-0.3, -0.25) is 0 Å². The van der Waals surface area contributed by atoms with E-state index in [1.165, 1.54) is 68.2 Å². The summed E-state index contributed by atoms with van der Waals surface area (Å²) in [6.45, 7) is 1.20. The van der Waals surface area contributed by atoms with Crippen molar-refractivity contribution in [3.63, 3.8) is 0 Å². The fourth-order valence-corrected chi connectivity index (χ4v) is 4.52. The van der Waals surface area contributed by atoms with Gasteiger partial charge in [-0.25, -0.2) is 0 Å². The van der Waals surface area contributed by atoms with Gasteiger partial charge in [-0.1, -0.05) is 80.1 Å². The monoisotopic (exact) mass is 353 g/mol. The number of benzene rings is 2. The molecular formula is C23H28ClN. The number of halogens is 1. The third-order valence-electron chi connectivity index (χ3n) is 5.97. The van der Waals surface area contributed by atoms with Gasteiger partial charge in [-0.2, -0.15) is 0 Å².